The molecule has 14 heavy (non-hydrogen) atoms. The molecule has 0 aromatic rings. The Morgan fingerprint density at radius 2 is 2.50 bits per heavy atom. The minimum absolute atomic E-state index is 0.833. The summed E-state index contributed by atoms with van der Waals surface area (Å²) in [7, 11) is 0. The van der Waals surface area contributed by atoms with Crippen LogP contribution < -0.4 is 0 Å². The van der Waals surface area contributed by atoms with Gasteiger partial charge in [-0.25, -0.2) is 4.99 Å². The summed E-state index contributed by atoms with van der Waals surface area (Å²) in [4.78, 5) is 4.09. The van der Waals surface area contributed by atoms with Crippen LogP contribution in [0.2, 0.25) is 0 Å². The molecular formula is C10H16BrN3. The van der Waals surface area contributed by atoms with E-state index in [-0.39, 0.29) is 0 Å². The van der Waals surface area contributed by atoms with Crippen molar-refractivity contribution < 1.29 is 0 Å². The summed E-state index contributed by atoms with van der Waals surface area (Å²) in [5.41, 5.74) is 1.11. The lowest BCUT2D eigenvalue weighted by molar-refractivity contribution is 0.363. The number of nitrogens with zero attached hydrogens (tertiary/aromatic N) is 3. The van der Waals surface area contributed by atoms with Crippen molar-refractivity contribution in [2.75, 3.05) is 13.1 Å². The number of halogens is 1. The van der Waals surface area contributed by atoms with E-state index in [1.165, 1.54) is 10.9 Å². The average molecular weight is 258 g/mol. The van der Waals surface area contributed by atoms with Gasteiger partial charge in [-0.2, -0.15) is 5.10 Å². The third-order valence-corrected chi connectivity index (χ3v) is 2.64. The monoisotopic (exact) mass is 257 g/mol. The number of aliphatic imine (C=N–C) groups is 1. The van der Waals surface area contributed by atoms with Gasteiger partial charge in [0, 0.05) is 5.71 Å². The summed E-state index contributed by atoms with van der Waals surface area (Å²) in [5.74, 6) is 0. The van der Waals surface area contributed by atoms with Gasteiger partial charge in [0.2, 0.25) is 0 Å². The van der Waals surface area contributed by atoms with E-state index in [4.69, 9.17) is 0 Å². The summed E-state index contributed by atoms with van der Waals surface area (Å²) >= 11 is 3.53. The van der Waals surface area contributed by atoms with Gasteiger partial charge in [-0.05, 0) is 17.8 Å². The largest absolute Gasteiger partial charge is 0.286 e. The summed E-state index contributed by atoms with van der Waals surface area (Å²) in [6.07, 6.45) is 6.05. The molecule has 1 rings (SSSR count). The van der Waals surface area contributed by atoms with Crippen molar-refractivity contribution >= 4 is 28.0 Å². The molecule has 0 atom stereocenters. The lowest BCUT2D eigenvalue weighted by Gasteiger charge is -2.19. The van der Waals surface area contributed by atoms with Crippen LogP contribution in [-0.4, -0.2) is 30.1 Å². The van der Waals surface area contributed by atoms with Crippen LogP contribution in [0.4, 0.5) is 0 Å². The first-order valence-corrected chi connectivity index (χ1v) is 5.67. The summed E-state index contributed by atoms with van der Waals surface area (Å²) in [6, 6.07) is 0. The van der Waals surface area contributed by atoms with Crippen molar-refractivity contribution in [3.05, 3.63) is 10.6 Å². The molecular weight excluding hydrogens is 242 g/mol. The van der Waals surface area contributed by atoms with Crippen molar-refractivity contribution in [1.82, 2.24) is 5.01 Å². The van der Waals surface area contributed by atoms with Crippen LogP contribution in [0.1, 0.15) is 26.7 Å². The van der Waals surface area contributed by atoms with E-state index in [1.807, 2.05) is 11.9 Å². The molecule has 0 aliphatic carbocycles. The second kappa shape index (κ2) is 5.96. The van der Waals surface area contributed by atoms with Crippen LogP contribution in [0.3, 0.4) is 0 Å². The first-order valence-electron chi connectivity index (χ1n) is 4.87. The Balaban J connectivity index is 2.36. The minimum atomic E-state index is 0.833. The van der Waals surface area contributed by atoms with E-state index < -0.39 is 0 Å². The van der Waals surface area contributed by atoms with Gasteiger partial charge in [-0.3, -0.25) is 5.01 Å². The highest BCUT2D eigenvalue weighted by molar-refractivity contribution is 9.11. The van der Waals surface area contributed by atoms with Crippen molar-refractivity contribution in [2.24, 2.45) is 10.1 Å². The summed E-state index contributed by atoms with van der Waals surface area (Å²) in [6.45, 7) is 5.87. The minimum Gasteiger partial charge on any atom is -0.286 e. The zero-order valence-electron chi connectivity index (χ0n) is 8.70. The molecule has 0 spiro atoms. The first kappa shape index (κ1) is 11.4. The van der Waals surface area contributed by atoms with E-state index >= 15 is 0 Å². The van der Waals surface area contributed by atoms with Crippen molar-refractivity contribution in [1.29, 1.82) is 0 Å². The van der Waals surface area contributed by atoms with Gasteiger partial charge in [0.1, 0.15) is 6.34 Å². The maximum atomic E-state index is 4.17. The van der Waals surface area contributed by atoms with Crippen LogP contribution in [0.15, 0.2) is 20.7 Å². The fourth-order valence-electron chi connectivity index (χ4n) is 1.20. The normalized spacial score (nSPS) is 17.2. The molecule has 0 amide bonds. The van der Waals surface area contributed by atoms with Gasteiger partial charge in [-0.15, -0.1) is 0 Å². The predicted molar refractivity (Wildman–Crippen MR) is 65.1 cm³/mol. The number of rotatable bonds is 4. The Bertz CT molecular complexity index is 269. The topological polar surface area (TPSA) is 28.0 Å². The fraction of sp³-hybridized carbons (Fsp3) is 0.600. The molecule has 0 N–H and O–H groups in total. The highest BCUT2D eigenvalue weighted by Crippen LogP contribution is 2.12. The van der Waals surface area contributed by atoms with Gasteiger partial charge >= 0.3 is 0 Å². The fourth-order valence-corrected chi connectivity index (χ4v) is 1.74. The Kier molecular flexibility index (Phi) is 4.87. The lowest BCUT2D eigenvalue weighted by Crippen LogP contribution is -2.26. The molecule has 3 nitrogen and oxygen atoms in total. The van der Waals surface area contributed by atoms with Gasteiger partial charge in [-0.1, -0.05) is 35.4 Å². The lowest BCUT2D eigenvalue weighted by atomic mass is 10.3. The molecule has 0 aromatic heterocycles. The van der Waals surface area contributed by atoms with Gasteiger partial charge in [0.15, 0.2) is 0 Å². The number of hydrogen-bond donors (Lipinski definition) is 0. The van der Waals surface area contributed by atoms with Gasteiger partial charge < -0.3 is 0 Å². The quantitative estimate of drug-likeness (QED) is 0.762. The Hall–Kier alpha value is -0.640. The van der Waals surface area contributed by atoms with E-state index in [9.17, 15) is 0 Å². The van der Waals surface area contributed by atoms with E-state index in [1.54, 1.807) is 6.34 Å². The van der Waals surface area contributed by atoms with Crippen LogP contribution in [-0.2, 0) is 0 Å². The summed E-state index contributed by atoms with van der Waals surface area (Å²) in [5, 5.41) is 6.17. The molecule has 4 heteroatoms. The molecule has 78 valence electrons. The van der Waals surface area contributed by atoms with Crippen molar-refractivity contribution in [2.45, 2.75) is 26.7 Å². The molecule has 0 bridgehead atoms. The SMILES string of the molecule is CCC/C(Br)=C\CN1CC(C)=NC=N1. The zero-order chi connectivity index (χ0) is 10.4. The molecule has 0 saturated heterocycles. The van der Waals surface area contributed by atoms with Crippen LogP contribution in [0, 0.1) is 0 Å². The number of hydrazone groups is 1. The smallest absolute Gasteiger partial charge is 0.135 e. The molecule has 0 aromatic carbocycles. The second-order valence-electron chi connectivity index (χ2n) is 3.34. The molecule has 1 aliphatic rings. The number of hydrogen-bond acceptors (Lipinski definition) is 3. The predicted octanol–water partition coefficient (Wildman–Crippen LogP) is 2.79. The second-order valence-corrected chi connectivity index (χ2v) is 4.36. The first-order chi connectivity index (χ1) is 6.72. The van der Waals surface area contributed by atoms with Gasteiger partial charge in [0.05, 0.1) is 13.1 Å². The Morgan fingerprint density at radius 1 is 1.71 bits per heavy atom. The highest BCUT2D eigenvalue weighted by Gasteiger charge is 2.04. The van der Waals surface area contributed by atoms with Crippen LogP contribution >= 0.6 is 15.9 Å². The van der Waals surface area contributed by atoms with Crippen molar-refractivity contribution in [3.8, 4) is 0 Å². The highest BCUT2D eigenvalue weighted by atomic mass is 79.9. The third kappa shape index (κ3) is 4.05. The van der Waals surface area contributed by atoms with Crippen LogP contribution in [0.5, 0.6) is 0 Å². The molecule has 0 radical (unpaired) electrons. The van der Waals surface area contributed by atoms with Crippen LogP contribution in [0.25, 0.3) is 0 Å². The number of allylic oxidation sites excluding steroid dienone is 1. The molecule has 0 unspecified atom stereocenters. The standard InChI is InChI=1S/C10H16BrN3/c1-3-4-10(11)5-6-14-7-9(2)12-8-13-14/h5,8H,3-4,6-7H2,1-2H3/b10-5+. The molecule has 0 fully saturated rings. The van der Waals surface area contributed by atoms with E-state index in [0.717, 1.165) is 25.2 Å². The molecule has 1 aliphatic heterocycles. The molecule has 1 heterocycles. The van der Waals surface area contributed by atoms with Gasteiger partial charge in [0.25, 0.3) is 0 Å². The van der Waals surface area contributed by atoms with E-state index in [2.05, 4.69) is 39.0 Å². The molecule has 0 saturated carbocycles. The Morgan fingerprint density at radius 3 is 3.14 bits per heavy atom. The summed E-state index contributed by atoms with van der Waals surface area (Å²) < 4.78 is 1.26. The zero-order valence-corrected chi connectivity index (χ0v) is 10.3. The third-order valence-electron chi connectivity index (χ3n) is 1.92. The van der Waals surface area contributed by atoms with Crippen molar-refractivity contribution in [3.63, 3.8) is 0 Å². The van der Waals surface area contributed by atoms with E-state index in [0.29, 0.717) is 0 Å². The average Bonchev–Trinajstić information content (AvgIpc) is 2.15. The maximum absolute atomic E-state index is 4.17. The Labute approximate surface area is 93.7 Å². The maximum Gasteiger partial charge on any atom is 0.135 e.